The van der Waals surface area contributed by atoms with E-state index in [0.29, 0.717) is 13.1 Å². The molecular weight excluding hydrogens is 248 g/mol. The lowest BCUT2D eigenvalue weighted by Gasteiger charge is -2.04. The smallest absolute Gasteiger partial charge is 0.294 e. The van der Waals surface area contributed by atoms with Crippen LogP contribution in [0.25, 0.3) is 0 Å². The predicted octanol–water partition coefficient (Wildman–Crippen LogP) is 0.289. The van der Waals surface area contributed by atoms with E-state index in [1.807, 2.05) is 0 Å². The maximum Gasteiger partial charge on any atom is 0.294 e. The molecule has 0 spiro atoms. The molecule has 7 heteroatoms. The SMILES string of the molecule is Nc1c(/N=C2\C=CC(=O)C=C2O)c(=O)n2n1CCC2. The highest BCUT2D eigenvalue weighted by molar-refractivity contribution is 6.19. The van der Waals surface area contributed by atoms with Gasteiger partial charge in [-0.1, -0.05) is 0 Å². The molecule has 0 bridgehead atoms. The molecule has 3 N–H and O–H groups in total. The number of hydrogen-bond acceptors (Lipinski definition) is 5. The summed E-state index contributed by atoms with van der Waals surface area (Å²) in [6.45, 7) is 1.30. The van der Waals surface area contributed by atoms with Crippen LogP contribution in [0, 0.1) is 0 Å². The highest BCUT2D eigenvalue weighted by Gasteiger charge is 2.22. The Kier molecular flexibility index (Phi) is 2.41. The summed E-state index contributed by atoms with van der Waals surface area (Å²) in [5.74, 6) is -0.295. The van der Waals surface area contributed by atoms with Crippen LogP contribution in [0.15, 0.2) is 33.8 Å². The van der Waals surface area contributed by atoms with E-state index in [4.69, 9.17) is 5.73 Å². The lowest BCUT2D eigenvalue weighted by Crippen LogP contribution is -2.16. The molecule has 0 saturated heterocycles. The molecule has 1 aromatic heterocycles. The molecular formula is C12H12N4O3. The number of fused-ring (bicyclic) bond motifs is 1. The van der Waals surface area contributed by atoms with Gasteiger partial charge < -0.3 is 10.8 Å². The molecule has 3 rings (SSSR count). The third kappa shape index (κ3) is 1.70. The van der Waals surface area contributed by atoms with Crippen molar-refractivity contribution in [2.45, 2.75) is 19.5 Å². The van der Waals surface area contributed by atoms with Crippen molar-refractivity contribution in [3.63, 3.8) is 0 Å². The highest BCUT2D eigenvalue weighted by Crippen LogP contribution is 2.23. The van der Waals surface area contributed by atoms with Crippen LogP contribution in [0.3, 0.4) is 0 Å². The molecule has 0 unspecified atom stereocenters. The van der Waals surface area contributed by atoms with Gasteiger partial charge in [0.05, 0.1) is 0 Å². The van der Waals surface area contributed by atoms with Gasteiger partial charge in [0.2, 0.25) is 0 Å². The van der Waals surface area contributed by atoms with Crippen molar-refractivity contribution in [2.24, 2.45) is 4.99 Å². The van der Waals surface area contributed by atoms with Gasteiger partial charge in [0.25, 0.3) is 5.56 Å². The molecule has 0 atom stereocenters. The average molecular weight is 260 g/mol. The number of aliphatic hydroxyl groups excluding tert-OH is 1. The van der Waals surface area contributed by atoms with Crippen LogP contribution in [0.1, 0.15) is 6.42 Å². The van der Waals surface area contributed by atoms with E-state index in [2.05, 4.69) is 4.99 Å². The second-order valence-electron chi connectivity index (χ2n) is 4.40. The van der Waals surface area contributed by atoms with Crippen molar-refractivity contribution < 1.29 is 9.90 Å². The Labute approximate surface area is 107 Å². The summed E-state index contributed by atoms with van der Waals surface area (Å²) < 4.78 is 3.22. The number of carbonyl (C=O) groups excluding carboxylic acids is 1. The van der Waals surface area contributed by atoms with Gasteiger partial charge in [0.1, 0.15) is 11.5 Å². The minimum Gasteiger partial charge on any atom is -0.506 e. The van der Waals surface area contributed by atoms with Crippen LogP contribution in [-0.4, -0.2) is 26.0 Å². The molecule has 19 heavy (non-hydrogen) atoms. The standard InChI is InChI=1S/C12H12N4O3/c13-11-10(12(19)16-5-1-4-15(11)16)14-8-3-2-7(17)6-9(8)18/h2-3,6,18H,1,4-5,13H2/b14-8+. The predicted molar refractivity (Wildman–Crippen MR) is 69.7 cm³/mol. The molecule has 1 aromatic rings. The van der Waals surface area contributed by atoms with Crippen molar-refractivity contribution in [3.05, 3.63) is 34.3 Å². The Morgan fingerprint density at radius 2 is 1.95 bits per heavy atom. The summed E-state index contributed by atoms with van der Waals surface area (Å²) in [5, 5.41) is 9.63. The fourth-order valence-corrected chi connectivity index (χ4v) is 2.25. The third-order valence-corrected chi connectivity index (χ3v) is 3.17. The minimum absolute atomic E-state index is 0.105. The first-order chi connectivity index (χ1) is 9.08. The Hall–Kier alpha value is -2.57. The molecule has 2 heterocycles. The molecule has 0 amide bonds. The van der Waals surface area contributed by atoms with Crippen LogP contribution >= 0.6 is 0 Å². The second-order valence-corrected chi connectivity index (χ2v) is 4.40. The van der Waals surface area contributed by atoms with E-state index in [-0.39, 0.29) is 34.3 Å². The van der Waals surface area contributed by atoms with Crippen molar-refractivity contribution >= 4 is 23.0 Å². The molecule has 1 aliphatic carbocycles. The fraction of sp³-hybridized carbons (Fsp3) is 0.250. The first-order valence-electron chi connectivity index (χ1n) is 5.89. The van der Waals surface area contributed by atoms with Gasteiger partial charge in [-0.15, -0.1) is 0 Å². The van der Waals surface area contributed by atoms with E-state index >= 15 is 0 Å². The molecule has 0 aromatic carbocycles. The van der Waals surface area contributed by atoms with E-state index in [1.165, 1.54) is 16.8 Å². The summed E-state index contributed by atoms with van der Waals surface area (Å²) in [6.07, 6.45) is 4.56. The number of aliphatic hydroxyl groups is 1. The maximum absolute atomic E-state index is 12.1. The summed E-state index contributed by atoms with van der Waals surface area (Å²) in [7, 11) is 0. The number of carbonyl (C=O) groups is 1. The Morgan fingerprint density at radius 1 is 1.21 bits per heavy atom. The largest absolute Gasteiger partial charge is 0.506 e. The number of nitrogens with zero attached hydrogens (tertiary/aromatic N) is 3. The average Bonchev–Trinajstić information content (AvgIpc) is 2.92. The Bertz CT molecular complexity index is 718. The number of ketones is 1. The van der Waals surface area contributed by atoms with Crippen LogP contribution in [-0.2, 0) is 17.9 Å². The summed E-state index contributed by atoms with van der Waals surface area (Å²) >= 11 is 0. The first kappa shape index (κ1) is 11.5. The van der Waals surface area contributed by atoms with E-state index in [9.17, 15) is 14.7 Å². The topological polar surface area (TPSA) is 103 Å². The summed E-state index contributed by atoms with van der Waals surface area (Å²) in [5.41, 5.74) is 5.88. The molecule has 2 aliphatic rings. The van der Waals surface area contributed by atoms with E-state index < -0.39 is 0 Å². The number of nitrogen functional groups attached to an aromatic ring is 1. The van der Waals surface area contributed by atoms with E-state index in [1.54, 1.807) is 4.68 Å². The number of rotatable bonds is 1. The molecule has 0 fully saturated rings. The third-order valence-electron chi connectivity index (χ3n) is 3.17. The zero-order chi connectivity index (χ0) is 13.6. The zero-order valence-electron chi connectivity index (χ0n) is 10.0. The highest BCUT2D eigenvalue weighted by atomic mass is 16.3. The number of aromatic nitrogens is 2. The van der Waals surface area contributed by atoms with Gasteiger partial charge in [0, 0.05) is 19.2 Å². The van der Waals surface area contributed by atoms with E-state index in [0.717, 1.165) is 12.5 Å². The van der Waals surface area contributed by atoms with Gasteiger partial charge in [-0.25, -0.2) is 9.67 Å². The minimum atomic E-state index is -0.319. The summed E-state index contributed by atoms with van der Waals surface area (Å²) in [6, 6.07) is 0. The first-order valence-corrected chi connectivity index (χ1v) is 5.89. The lowest BCUT2D eigenvalue weighted by molar-refractivity contribution is -0.110. The van der Waals surface area contributed by atoms with Crippen LogP contribution < -0.4 is 11.3 Å². The number of allylic oxidation sites excluding steroid dienone is 3. The van der Waals surface area contributed by atoms with Crippen LogP contribution in [0.2, 0.25) is 0 Å². The fourth-order valence-electron chi connectivity index (χ4n) is 2.25. The normalized spacial score (nSPS) is 19.9. The van der Waals surface area contributed by atoms with Gasteiger partial charge in [-0.3, -0.25) is 14.3 Å². The lowest BCUT2D eigenvalue weighted by atomic mass is 10.1. The monoisotopic (exact) mass is 260 g/mol. The molecule has 0 radical (unpaired) electrons. The quantitative estimate of drug-likeness (QED) is 0.708. The molecule has 1 aliphatic heterocycles. The van der Waals surface area contributed by atoms with Crippen LogP contribution in [0.4, 0.5) is 11.5 Å². The second kappa shape index (κ2) is 3.98. The van der Waals surface area contributed by atoms with Crippen molar-refractivity contribution in [3.8, 4) is 0 Å². The van der Waals surface area contributed by atoms with Gasteiger partial charge >= 0.3 is 0 Å². The number of anilines is 1. The zero-order valence-corrected chi connectivity index (χ0v) is 10.0. The molecule has 7 nitrogen and oxygen atoms in total. The van der Waals surface area contributed by atoms with Crippen molar-refractivity contribution in [1.82, 2.24) is 9.36 Å². The molecule has 0 saturated carbocycles. The Balaban J connectivity index is 2.11. The van der Waals surface area contributed by atoms with Gasteiger partial charge in [-0.2, -0.15) is 0 Å². The van der Waals surface area contributed by atoms with Gasteiger partial charge in [0.15, 0.2) is 17.3 Å². The number of hydrogen-bond donors (Lipinski definition) is 2. The van der Waals surface area contributed by atoms with Crippen molar-refractivity contribution in [2.75, 3.05) is 5.73 Å². The number of nitrogens with two attached hydrogens (primary N) is 1. The maximum atomic E-state index is 12.1. The number of aliphatic imine (C=N–C) groups is 1. The van der Waals surface area contributed by atoms with Crippen molar-refractivity contribution in [1.29, 1.82) is 0 Å². The Morgan fingerprint density at radius 3 is 2.63 bits per heavy atom. The van der Waals surface area contributed by atoms with Gasteiger partial charge in [-0.05, 0) is 18.6 Å². The summed E-state index contributed by atoms with van der Waals surface area (Å²) in [4.78, 5) is 27.2. The van der Waals surface area contributed by atoms with Crippen LogP contribution in [0.5, 0.6) is 0 Å². The molecule has 98 valence electrons.